The number of hydrogen-bond donors (Lipinski definition) is 1. The number of rotatable bonds is 4. The van der Waals surface area contributed by atoms with Crippen molar-refractivity contribution >= 4 is 29.0 Å². The predicted octanol–water partition coefficient (Wildman–Crippen LogP) is 4.06. The zero-order chi connectivity index (χ0) is 21.3. The molecule has 1 aliphatic heterocycles. The second-order valence-corrected chi connectivity index (χ2v) is 7.50. The number of carbonyl (C=O) groups excluding carboxylic acids is 1. The first-order chi connectivity index (χ1) is 14.5. The van der Waals surface area contributed by atoms with Crippen molar-refractivity contribution < 1.29 is 9.53 Å². The summed E-state index contributed by atoms with van der Waals surface area (Å²) in [4.78, 5) is 18.7. The first kappa shape index (κ1) is 19.8. The van der Waals surface area contributed by atoms with Gasteiger partial charge >= 0.3 is 5.97 Å². The SMILES string of the molecule is COC(=O)C1=C(C)N(c2cccc(C)c2)C(=S)NC1c1ccc(-n2ccnc2)cc1. The number of carbonyl (C=O) groups is 1. The van der Waals surface area contributed by atoms with Crippen molar-refractivity contribution in [1.82, 2.24) is 14.9 Å². The van der Waals surface area contributed by atoms with E-state index in [0.717, 1.165) is 28.2 Å². The quantitative estimate of drug-likeness (QED) is 0.509. The van der Waals surface area contributed by atoms with E-state index in [0.29, 0.717) is 10.7 Å². The van der Waals surface area contributed by atoms with Crippen LogP contribution in [0.1, 0.15) is 24.1 Å². The number of imidazole rings is 1. The molecule has 152 valence electrons. The molecule has 4 rings (SSSR count). The zero-order valence-electron chi connectivity index (χ0n) is 17.0. The molecule has 2 aromatic carbocycles. The molecule has 2 heterocycles. The molecule has 7 heteroatoms. The molecule has 0 bridgehead atoms. The van der Waals surface area contributed by atoms with Crippen molar-refractivity contribution in [2.75, 3.05) is 12.0 Å². The minimum absolute atomic E-state index is 0.385. The van der Waals surface area contributed by atoms with E-state index in [1.54, 1.807) is 12.5 Å². The number of ether oxygens (including phenoxy) is 1. The van der Waals surface area contributed by atoms with Crippen molar-refractivity contribution in [3.8, 4) is 5.69 Å². The number of esters is 1. The lowest BCUT2D eigenvalue weighted by Gasteiger charge is -2.37. The maximum absolute atomic E-state index is 12.8. The van der Waals surface area contributed by atoms with Gasteiger partial charge in [-0.3, -0.25) is 4.90 Å². The van der Waals surface area contributed by atoms with Gasteiger partial charge in [-0.25, -0.2) is 9.78 Å². The standard InChI is InChI=1S/C23H22N4O2S/c1-15-5-4-6-19(13-15)27-16(2)20(22(28)29-3)21(25-23(27)30)17-7-9-18(10-8-17)26-12-11-24-14-26/h4-14,21H,1-3H3,(H,25,30). The maximum atomic E-state index is 12.8. The Morgan fingerprint density at radius 3 is 2.53 bits per heavy atom. The summed E-state index contributed by atoms with van der Waals surface area (Å²) in [5, 5.41) is 3.87. The summed E-state index contributed by atoms with van der Waals surface area (Å²) >= 11 is 5.69. The molecule has 0 spiro atoms. The summed E-state index contributed by atoms with van der Waals surface area (Å²) < 4.78 is 7.04. The number of nitrogens with zero attached hydrogens (tertiary/aromatic N) is 3. The summed E-state index contributed by atoms with van der Waals surface area (Å²) in [5.74, 6) is -0.385. The van der Waals surface area contributed by atoms with E-state index in [-0.39, 0.29) is 5.97 Å². The molecule has 0 radical (unpaired) electrons. The van der Waals surface area contributed by atoms with Crippen LogP contribution in [0.3, 0.4) is 0 Å². The Bertz CT molecular complexity index is 1120. The van der Waals surface area contributed by atoms with Gasteiger partial charge in [0.25, 0.3) is 0 Å². The zero-order valence-corrected chi connectivity index (χ0v) is 17.8. The number of thiocarbonyl (C=S) groups is 1. The number of hydrogen-bond acceptors (Lipinski definition) is 4. The Hall–Kier alpha value is -3.45. The van der Waals surface area contributed by atoms with Crippen LogP contribution in [-0.4, -0.2) is 27.7 Å². The van der Waals surface area contributed by atoms with Crippen molar-refractivity contribution in [1.29, 1.82) is 0 Å². The van der Waals surface area contributed by atoms with Gasteiger partial charge in [0.05, 0.1) is 25.1 Å². The third kappa shape index (κ3) is 3.59. The molecule has 1 aliphatic rings. The summed E-state index contributed by atoms with van der Waals surface area (Å²) in [5.41, 5.74) is 5.20. The van der Waals surface area contributed by atoms with Crippen LogP contribution in [-0.2, 0) is 9.53 Å². The largest absolute Gasteiger partial charge is 0.466 e. The number of aryl methyl sites for hydroxylation is 1. The number of aromatic nitrogens is 2. The fourth-order valence-corrected chi connectivity index (χ4v) is 4.06. The Labute approximate surface area is 180 Å². The second kappa shape index (κ2) is 8.12. The Balaban J connectivity index is 1.77. The van der Waals surface area contributed by atoms with Gasteiger partial charge < -0.3 is 14.6 Å². The van der Waals surface area contributed by atoms with Crippen LogP contribution in [0.5, 0.6) is 0 Å². The molecule has 0 saturated heterocycles. The average Bonchev–Trinajstić information content (AvgIpc) is 3.28. The van der Waals surface area contributed by atoms with Crippen LogP contribution in [0.25, 0.3) is 5.69 Å². The van der Waals surface area contributed by atoms with E-state index in [1.165, 1.54) is 7.11 Å². The predicted molar refractivity (Wildman–Crippen MR) is 120 cm³/mol. The fourth-order valence-electron chi connectivity index (χ4n) is 3.70. The first-order valence-corrected chi connectivity index (χ1v) is 9.95. The van der Waals surface area contributed by atoms with Crippen molar-refractivity contribution in [2.24, 2.45) is 0 Å². The highest BCUT2D eigenvalue weighted by atomic mass is 32.1. The highest BCUT2D eigenvalue weighted by Gasteiger charge is 2.35. The van der Waals surface area contributed by atoms with Crippen molar-refractivity contribution in [3.05, 3.63) is 89.6 Å². The maximum Gasteiger partial charge on any atom is 0.337 e. The van der Waals surface area contributed by atoms with Gasteiger partial charge in [0.15, 0.2) is 5.11 Å². The lowest BCUT2D eigenvalue weighted by atomic mass is 9.94. The molecule has 6 nitrogen and oxygen atoms in total. The fraction of sp³-hybridized carbons (Fsp3) is 0.174. The van der Waals surface area contributed by atoms with Crippen LogP contribution < -0.4 is 10.2 Å². The number of benzene rings is 2. The Morgan fingerprint density at radius 1 is 1.13 bits per heavy atom. The highest BCUT2D eigenvalue weighted by Crippen LogP contribution is 2.34. The summed E-state index contributed by atoms with van der Waals surface area (Å²) in [7, 11) is 1.39. The Morgan fingerprint density at radius 2 is 1.90 bits per heavy atom. The van der Waals surface area contributed by atoms with Gasteiger partial charge in [0, 0.05) is 29.5 Å². The van der Waals surface area contributed by atoms with Gasteiger partial charge in [-0.15, -0.1) is 0 Å². The molecule has 0 saturated carbocycles. The number of methoxy groups -OCH3 is 1. The van der Waals surface area contributed by atoms with E-state index >= 15 is 0 Å². The monoisotopic (exact) mass is 418 g/mol. The number of allylic oxidation sites excluding steroid dienone is 1. The van der Waals surface area contributed by atoms with Gasteiger partial charge in [-0.05, 0) is 61.5 Å². The van der Waals surface area contributed by atoms with Crippen LogP contribution in [0.15, 0.2) is 78.5 Å². The third-order valence-corrected chi connectivity index (χ3v) is 5.48. The average molecular weight is 419 g/mol. The third-order valence-electron chi connectivity index (χ3n) is 5.18. The minimum atomic E-state index is -0.400. The van der Waals surface area contributed by atoms with Crippen molar-refractivity contribution in [2.45, 2.75) is 19.9 Å². The summed E-state index contributed by atoms with van der Waals surface area (Å²) in [6, 6.07) is 15.5. The van der Waals surface area contributed by atoms with E-state index in [1.807, 2.05) is 78.0 Å². The molecule has 30 heavy (non-hydrogen) atoms. The molecule has 0 amide bonds. The van der Waals surface area contributed by atoms with Gasteiger partial charge in [0.2, 0.25) is 0 Å². The van der Waals surface area contributed by atoms with Gasteiger partial charge in [0.1, 0.15) is 0 Å². The van der Waals surface area contributed by atoms with E-state index in [2.05, 4.69) is 10.3 Å². The van der Waals surface area contributed by atoms with Crippen LogP contribution in [0, 0.1) is 6.92 Å². The molecule has 1 unspecified atom stereocenters. The molecule has 1 N–H and O–H groups in total. The highest BCUT2D eigenvalue weighted by molar-refractivity contribution is 7.80. The number of anilines is 1. The second-order valence-electron chi connectivity index (χ2n) is 7.11. The Kier molecular flexibility index (Phi) is 5.37. The van der Waals surface area contributed by atoms with Gasteiger partial charge in [-0.2, -0.15) is 0 Å². The lowest BCUT2D eigenvalue weighted by molar-refractivity contribution is -0.136. The molecule has 3 aromatic rings. The van der Waals surface area contributed by atoms with Gasteiger partial charge in [-0.1, -0.05) is 24.3 Å². The summed E-state index contributed by atoms with van der Waals surface area (Å²) in [6.07, 6.45) is 5.36. The molecule has 1 aromatic heterocycles. The topological polar surface area (TPSA) is 59.4 Å². The van der Waals surface area contributed by atoms with E-state index in [9.17, 15) is 4.79 Å². The number of nitrogens with one attached hydrogen (secondary N) is 1. The molecular weight excluding hydrogens is 396 g/mol. The first-order valence-electron chi connectivity index (χ1n) is 9.54. The van der Waals surface area contributed by atoms with E-state index in [4.69, 9.17) is 17.0 Å². The molecule has 0 fully saturated rings. The van der Waals surface area contributed by atoms with Crippen molar-refractivity contribution in [3.63, 3.8) is 0 Å². The van der Waals surface area contributed by atoms with Crippen LogP contribution in [0.4, 0.5) is 5.69 Å². The smallest absolute Gasteiger partial charge is 0.337 e. The molecule has 1 atom stereocenters. The van der Waals surface area contributed by atoms with E-state index < -0.39 is 6.04 Å². The summed E-state index contributed by atoms with van der Waals surface area (Å²) in [6.45, 7) is 3.92. The minimum Gasteiger partial charge on any atom is -0.466 e. The molecule has 0 aliphatic carbocycles. The van der Waals surface area contributed by atoms with Crippen LogP contribution in [0.2, 0.25) is 0 Å². The van der Waals surface area contributed by atoms with Crippen LogP contribution >= 0.6 is 12.2 Å². The lowest BCUT2D eigenvalue weighted by Crippen LogP contribution is -2.48. The molecular formula is C23H22N4O2S. The normalized spacial score (nSPS) is 16.4.